The first-order valence-corrected chi connectivity index (χ1v) is 17.5. The third kappa shape index (κ3) is 7.37. The molecule has 0 aliphatic carbocycles. The summed E-state index contributed by atoms with van der Waals surface area (Å²) in [5.74, 6) is -2.31. The fourth-order valence-corrected chi connectivity index (χ4v) is 6.37. The maximum atomic E-state index is 14.8. The first kappa shape index (κ1) is 29.5. The molecule has 12 heteroatoms. The number of benzene rings is 1. The molecule has 0 spiro atoms. The number of carboxylic acid groups (broad SMARTS) is 1. The first-order valence-electron chi connectivity index (χ1n) is 11.1. The summed E-state index contributed by atoms with van der Waals surface area (Å²) in [4.78, 5) is 17.9. The van der Waals surface area contributed by atoms with Gasteiger partial charge in [0.05, 0.1) is 0 Å². The Morgan fingerprint density at radius 3 is 2.37 bits per heavy atom. The van der Waals surface area contributed by atoms with E-state index in [0.29, 0.717) is 18.4 Å². The monoisotopic (exact) mass is 548 g/mol. The second-order valence-corrected chi connectivity index (χ2v) is 19.9. The number of amidine groups is 1. The van der Waals surface area contributed by atoms with Gasteiger partial charge in [0.2, 0.25) is 0 Å². The van der Waals surface area contributed by atoms with E-state index in [2.05, 4.69) is 24.6 Å². The molecule has 0 radical (unpaired) electrons. The Balaban J connectivity index is 2.68. The zero-order valence-electron chi connectivity index (χ0n) is 21.3. The quantitative estimate of drug-likeness (QED) is 0.338. The molecule has 2 atom stereocenters. The number of nitrogens with zero attached hydrogens (tertiary/aromatic N) is 2. The van der Waals surface area contributed by atoms with Crippen molar-refractivity contribution in [1.29, 1.82) is 0 Å². The smallest absolute Gasteiger partial charge is 0.415 e. The highest BCUT2D eigenvalue weighted by molar-refractivity contribution is 8.27. The number of sulfone groups is 1. The van der Waals surface area contributed by atoms with Gasteiger partial charge in [-0.05, 0) is 36.9 Å². The minimum absolute atomic E-state index is 0.195. The molecule has 0 saturated carbocycles. The summed E-state index contributed by atoms with van der Waals surface area (Å²) in [6, 6.07) is 4.31. The van der Waals surface area contributed by atoms with Crippen LogP contribution < -0.4 is 0 Å². The summed E-state index contributed by atoms with van der Waals surface area (Å²) in [5.41, 5.74) is -2.61. The lowest BCUT2D eigenvalue weighted by atomic mass is 9.92. The molecule has 1 N–H and O–H groups in total. The van der Waals surface area contributed by atoms with Gasteiger partial charge in [-0.25, -0.2) is 31.9 Å². The van der Waals surface area contributed by atoms with Crippen molar-refractivity contribution in [3.63, 3.8) is 0 Å². The van der Waals surface area contributed by atoms with Crippen LogP contribution in [0.1, 0.15) is 33.3 Å². The number of rotatable bonds is 7. The minimum Gasteiger partial charge on any atom is -0.465 e. The topological polar surface area (TPSA) is 96.3 Å². The van der Waals surface area contributed by atoms with Crippen molar-refractivity contribution < 1.29 is 31.8 Å². The minimum atomic E-state index is -3.85. The maximum Gasteiger partial charge on any atom is 0.415 e. The molecular weight excluding hydrogens is 514 g/mol. The lowest BCUT2D eigenvalue weighted by Gasteiger charge is -2.40. The van der Waals surface area contributed by atoms with E-state index in [9.17, 15) is 27.1 Å². The normalized spacial score (nSPS) is 20.2. The van der Waals surface area contributed by atoms with Gasteiger partial charge in [0, 0.05) is 31.9 Å². The lowest BCUT2D eigenvalue weighted by Crippen LogP contribution is -2.52. The number of hydrogen-bond donors (Lipinski definition) is 1. The number of hydrogen-bond acceptors (Lipinski definition) is 6. The number of amides is 1. The Bertz CT molecular complexity index is 1140. The summed E-state index contributed by atoms with van der Waals surface area (Å²) in [5, 5.41) is 10.0. The Labute approximate surface area is 211 Å². The summed E-state index contributed by atoms with van der Waals surface area (Å²) in [6.07, 6.45) is -0.232. The second kappa shape index (κ2) is 10.3. The average Bonchev–Trinajstić information content (AvgIpc) is 2.66. The van der Waals surface area contributed by atoms with E-state index in [1.165, 1.54) is 25.1 Å². The average molecular weight is 549 g/mol. The van der Waals surface area contributed by atoms with E-state index < -0.39 is 52.8 Å². The Kier molecular flexibility index (Phi) is 8.68. The van der Waals surface area contributed by atoms with Crippen LogP contribution in [-0.4, -0.2) is 56.8 Å². The molecule has 1 aliphatic heterocycles. The van der Waals surface area contributed by atoms with Crippen LogP contribution in [0.2, 0.25) is 25.7 Å². The molecule has 1 aliphatic rings. The number of carbonyl (C=O) groups is 1. The van der Waals surface area contributed by atoms with E-state index in [1.54, 1.807) is 20.8 Å². The van der Waals surface area contributed by atoms with Crippen LogP contribution in [0.3, 0.4) is 0 Å². The molecule has 1 unspecified atom stereocenters. The van der Waals surface area contributed by atoms with Gasteiger partial charge in [-0.15, -0.1) is 0 Å². The van der Waals surface area contributed by atoms with Crippen LogP contribution >= 0.6 is 11.8 Å². The molecule has 0 saturated heterocycles. The van der Waals surface area contributed by atoms with Gasteiger partial charge in [0.25, 0.3) is 0 Å². The molecule has 2 rings (SSSR count). The number of thioether (sulfide) groups is 1. The number of ether oxygens (including phenoxy) is 1. The molecule has 0 aromatic heterocycles. The van der Waals surface area contributed by atoms with E-state index in [0.717, 1.165) is 23.3 Å². The van der Waals surface area contributed by atoms with Crippen LogP contribution in [0.25, 0.3) is 0 Å². The van der Waals surface area contributed by atoms with Gasteiger partial charge in [0.15, 0.2) is 26.6 Å². The molecule has 35 heavy (non-hydrogen) atoms. The van der Waals surface area contributed by atoms with E-state index >= 15 is 0 Å². The number of aliphatic imine (C=N–C) groups is 1. The summed E-state index contributed by atoms with van der Waals surface area (Å²) in [7, 11) is -5.34. The predicted octanol–water partition coefficient (Wildman–Crippen LogP) is 5.88. The second-order valence-electron chi connectivity index (χ2n) is 11.0. The molecule has 1 aromatic rings. The van der Waals surface area contributed by atoms with Crippen molar-refractivity contribution >= 4 is 40.9 Å². The van der Waals surface area contributed by atoms with Gasteiger partial charge in [-0.3, -0.25) is 0 Å². The maximum absolute atomic E-state index is 14.8. The molecule has 7 nitrogen and oxygen atoms in total. The molecule has 1 amide bonds. The Morgan fingerprint density at radius 2 is 1.89 bits per heavy atom. The van der Waals surface area contributed by atoms with Gasteiger partial charge >= 0.3 is 6.09 Å². The van der Waals surface area contributed by atoms with Crippen LogP contribution in [0, 0.1) is 17.0 Å². The fraction of sp³-hybridized carbons (Fsp3) is 0.565. The van der Waals surface area contributed by atoms with Crippen LogP contribution in [0.5, 0.6) is 0 Å². The summed E-state index contributed by atoms with van der Waals surface area (Å²) in [6.45, 7) is 13.6. The number of halogens is 2. The molecule has 196 valence electrons. The highest BCUT2D eigenvalue weighted by Gasteiger charge is 2.43. The van der Waals surface area contributed by atoms with E-state index in [4.69, 9.17) is 4.74 Å². The van der Waals surface area contributed by atoms with Gasteiger partial charge < -0.3 is 9.84 Å². The fourth-order valence-electron chi connectivity index (χ4n) is 3.39. The van der Waals surface area contributed by atoms with Crippen LogP contribution in [-0.2, 0) is 20.1 Å². The first-order chi connectivity index (χ1) is 15.8. The van der Waals surface area contributed by atoms with Crippen molar-refractivity contribution in [1.82, 2.24) is 4.90 Å². The third-order valence-electron chi connectivity index (χ3n) is 5.30. The van der Waals surface area contributed by atoms with Crippen molar-refractivity contribution in [2.45, 2.75) is 65.1 Å². The van der Waals surface area contributed by atoms with Gasteiger partial charge in [0.1, 0.15) is 16.0 Å². The summed E-state index contributed by atoms with van der Waals surface area (Å²) < 4.78 is 59.8. The molecule has 0 fully saturated rings. The standard InChI is InChI=1S/C23H34F2N2O5S2Si/c1-22(2,3)19(32-12-13-35(6,7)8)27(21(28)29)20-26-23(4,14-17(33-20)34(5,30)31)15-10-9-11-16(24)18(15)25/h9-11,14,19H,12-13H2,1-8H3,(H,28,29)/t19-,23?/m0/s1. The third-order valence-corrected chi connectivity index (χ3v) is 9.80. The molecule has 1 aromatic carbocycles. The van der Waals surface area contributed by atoms with Gasteiger partial charge in [-0.1, -0.05) is 52.5 Å². The van der Waals surface area contributed by atoms with Gasteiger partial charge in [-0.2, -0.15) is 0 Å². The highest BCUT2D eigenvalue weighted by atomic mass is 32.3. The van der Waals surface area contributed by atoms with Crippen molar-refractivity contribution in [2.75, 3.05) is 12.9 Å². The zero-order valence-corrected chi connectivity index (χ0v) is 24.0. The molecule has 1 heterocycles. The molecule has 0 bridgehead atoms. The lowest BCUT2D eigenvalue weighted by molar-refractivity contribution is -0.0759. The molecular formula is C23H34F2N2O5S2Si. The predicted molar refractivity (Wildman–Crippen MR) is 139 cm³/mol. The summed E-state index contributed by atoms with van der Waals surface area (Å²) >= 11 is 0.646. The largest absolute Gasteiger partial charge is 0.465 e. The van der Waals surface area contributed by atoms with Crippen LogP contribution in [0.4, 0.5) is 13.6 Å². The van der Waals surface area contributed by atoms with E-state index in [-0.39, 0.29) is 15.0 Å². The van der Waals surface area contributed by atoms with Crippen molar-refractivity contribution in [3.05, 3.63) is 45.7 Å². The van der Waals surface area contributed by atoms with Crippen molar-refractivity contribution in [3.8, 4) is 0 Å². The Hall–Kier alpha value is -1.76. The van der Waals surface area contributed by atoms with Crippen molar-refractivity contribution in [2.24, 2.45) is 10.4 Å². The zero-order chi connectivity index (χ0) is 27.0. The Morgan fingerprint density at radius 1 is 1.29 bits per heavy atom. The SMILES string of the molecule is CC1(c2cccc(F)c2F)C=C(S(C)(=O)=O)SC(N(C(=O)O)[C@@H](OCC[Si](C)(C)C)C(C)(C)C)=N1. The highest BCUT2D eigenvalue weighted by Crippen LogP contribution is 2.42. The van der Waals surface area contributed by atoms with E-state index in [1.807, 2.05) is 0 Å². The van der Waals surface area contributed by atoms with Crippen LogP contribution in [0.15, 0.2) is 33.5 Å².